The first-order valence-corrected chi connectivity index (χ1v) is 7.11. The molecule has 108 valence electrons. The first-order chi connectivity index (χ1) is 9.24. The van der Waals surface area contributed by atoms with Crippen LogP contribution in [0.4, 0.5) is 5.69 Å². The van der Waals surface area contributed by atoms with Gasteiger partial charge in [0.15, 0.2) is 0 Å². The molecule has 0 radical (unpaired) electrons. The third-order valence-corrected chi connectivity index (χ3v) is 4.01. The normalized spacial score (nSPS) is 22.2. The second-order valence-electron chi connectivity index (χ2n) is 4.53. The van der Waals surface area contributed by atoms with Crippen molar-refractivity contribution >= 4 is 45.6 Å². The number of aromatic nitrogens is 1. The van der Waals surface area contributed by atoms with Gasteiger partial charge < -0.3 is 15.4 Å². The largest absolute Gasteiger partial charge is 0.375 e. The topological polar surface area (TPSA) is 63.2 Å². The van der Waals surface area contributed by atoms with Gasteiger partial charge in [-0.2, -0.15) is 0 Å². The molecule has 0 saturated carbocycles. The molecule has 2 heterocycles. The van der Waals surface area contributed by atoms with E-state index in [1.165, 1.54) is 0 Å². The van der Waals surface area contributed by atoms with E-state index in [4.69, 9.17) is 4.74 Å². The molecular formula is C13H16ClN3O2S. The van der Waals surface area contributed by atoms with E-state index in [0.717, 1.165) is 15.9 Å². The smallest absolute Gasteiger partial charge is 0.244 e. The Bertz CT molecular complexity index is 604. The maximum atomic E-state index is 12.2. The Kier molecular flexibility index (Phi) is 4.93. The van der Waals surface area contributed by atoms with Gasteiger partial charge in [-0.25, -0.2) is 4.98 Å². The number of benzene rings is 1. The van der Waals surface area contributed by atoms with Crippen LogP contribution in [0.2, 0.25) is 0 Å². The standard InChI is InChI=1S/C13H15N3O2S.ClH/c1-8-12(14-4-5-18-8)13(17)16-9-2-3-11-10(6-9)15-7-19-11;/h2-3,6-8,12,14H,4-5H2,1H3,(H,16,17);1H/t8-,12+;/m1./s1. The van der Waals surface area contributed by atoms with Crippen LogP contribution < -0.4 is 10.6 Å². The Balaban J connectivity index is 0.00000147. The monoisotopic (exact) mass is 313 g/mol. The van der Waals surface area contributed by atoms with Gasteiger partial charge in [0.25, 0.3) is 0 Å². The van der Waals surface area contributed by atoms with Gasteiger partial charge in [-0.3, -0.25) is 4.79 Å². The SMILES string of the molecule is C[C@H]1OCCN[C@@H]1C(=O)Nc1ccc2scnc2c1.Cl. The van der Waals surface area contributed by atoms with E-state index >= 15 is 0 Å². The lowest BCUT2D eigenvalue weighted by Gasteiger charge is -2.29. The first-order valence-electron chi connectivity index (χ1n) is 6.23. The van der Waals surface area contributed by atoms with E-state index in [-0.39, 0.29) is 30.5 Å². The molecule has 1 saturated heterocycles. The number of ether oxygens (including phenoxy) is 1. The van der Waals surface area contributed by atoms with Crippen molar-refractivity contribution in [2.45, 2.75) is 19.1 Å². The van der Waals surface area contributed by atoms with Crippen LogP contribution >= 0.6 is 23.7 Å². The van der Waals surface area contributed by atoms with E-state index < -0.39 is 0 Å². The summed E-state index contributed by atoms with van der Waals surface area (Å²) in [5, 5.41) is 6.08. The number of thiazole rings is 1. The third kappa shape index (κ3) is 3.09. The predicted octanol–water partition coefficient (Wildman–Crippen LogP) is 2.03. The summed E-state index contributed by atoms with van der Waals surface area (Å²) in [5.41, 5.74) is 3.47. The quantitative estimate of drug-likeness (QED) is 0.890. The number of halogens is 1. The number of carbonyl (C=O) groups is 1. The molecule has 1 aromatic carbocycles. The van der Waals surface area contributed by atoms with Crippen molar-refractivity contribution in [1.82, 2.24) is 10.3 Å². The maximum Gasteiger partial charge on any atom is 0.244 e. The zero-order chi connectivity index (χ0) is 13.2. The van der Waals surface area contributed by atoms with Crippen LogP contribution in [0, 0.1) is 0 Å². The summed E-state index contributed by atoms with van der Waals surface area (Å²) in [6.45, 7) is 3.25. The fraction of sp³-hybridized carbons (Fsp3) is 0.385. The Morgan fingerprint density at radius 2 is 2.40 bits per heavy atom. The molecule has 0 bridgehead atoms. The number of carbonyl (C=O) groups excluding carboxylic acids is 1. The zero-order valence-electron chi connectivity index (χ0n) is 11.0. The molecule has 0 aliphatic carbocycles. The highest BCUT2D eigenvalue weighted by Crippen LogP contribution is 2.21. The molecule has 7 heteroatoms. The van der Waals surface area contributed by atoms with E-state index in [1.54, 1.807) is 16.8 Å². The molecule has 20 heavy (non-hydrogen) atoms. The second-order valence-corrected chi connectivity index (χ2v) is 5.42. The van der Waals surface area contributed by atoms with Gasteiger partial charge in [0.1, 0.15) is 6.04 Å². The van der Waals surface area contributed by atoms with Gasteiger partial charge >= 0.3 is 0 Å². The number of nitrogens with one attached hydrogen (secondary N) is 2. The Labute approximate surface area is 127 Å². The van der Waals surface area contributed by atoms with Crippen LogP contribution in [0.15, 0.2) is 23.7 Å². The van der Waals surface area contributed by atoms with Gasteiger partial charge in [-0.05, 0) is 25.1 Å². The van der Waals surface area contributed by atoms with Crippen LogP contribution in [0.3, 0.4) is 0 Å². The summed E-state index contributed by atoms with van der Waals surface area (Å²) >= 11 is 1.59. The third-order valence-electron chi connectivity index (χ3n) is 3.20. The van der Waals surface area contributed by atoms with Gasteiger partial charge in [-0.1, -0.05) is 0 Å². The highest BCUT2D eigenvalue weighted by atomic mass is 35.5. The van der Waals surface area contributed by atoms with Gasteiger partial charge in [0.05, 0.1) is 28.4 Å². The Hall–Kier alpha value is -1.21. The number of morpholine rings is 1. The van der Waals surface area contributed by atoms with Crippen molar-refractivity contribution in [2.24, 2.45) is 0 Å². The molecule has 3 rings (SSSR count). The molecule has 1 amide bonds. The Morgan fingerprint density at radius 1 is 1.55 bits per heavy atom. The van der Waals surface area contributed by atoms with Crippen molar-refractivity contribution < 1.29 is 9.53 Å². The Morgan fingerprint density at radius 3 is 3.20 bits per heavy atom. The fourth-order valence-corrected chi connectivity index (χ4v) is 2.84. The molecule has 2 N–H and O–H groups in total. The summed E-state index contributed by atoms with van der Waals surface area (Å²) in [4.78, 5) is 16.4. The lowest BCUT2D eigenvalue weighted by atomic mass is 10.1. The van der Waals surface area contributed by atoms with Gasteiger partial charge in [0, 0.05) is 12.2 Å². The van der Waals surface area contributed by atoms with Crippen LogP contribution in [0.5, 0.6) is 0 Å². The maximum absolute atomic E-state index is 12.2. The average Bonchev–Trinajstić information content (AvgIpc) is 2.86. The van der Waals surface area contributed by atoms with Crippen molar-refractivity contribution in [3.8, 4) is 0 Å². The van der Waals surface area contributed by atoms with Crippen molar-refractivity contribution in [3.63, 3.8) is 0 Å². The lowest BCUT2D eigenvalue weighted by molar-refractivity contribution is -0.123. The number of rotatable bonds is 2. The molecule has 2 aromatic rings. The van der Waals surface area contributed by atoms with E-state index in [1.807, 2.05) is 25.1 Å². The molecular weight excluding hydrogens is 298 g/mol. The average molecular weight is 314 g/mol. The van der Waals surface area contributed by atoms with Crippen LogP contribution in [-0.4, -0.2) is 36.2 Å². The van der Waals surface area contributed by atoms with Crippen LogP contribution in [0.1, 0.15) is 6.92 Å². The molecule has 1 fully saturated rings. The van der Waals surface area contributed by atoms with Crippen molar-refractivity contribution in [3.05, 3.63) is 23.7 Å². The first kappa shape index (κ1) is 15.2. The second kappa shape index (κ2) is 6.49. The number of amides is 1. The predicted molar refractivity (Wildman–Crippen MR) is 82.7 cm³/mol. The highest BCUT2D eigenvalue weighted by Gasteiger charge is 2.28. The minimum Gasteiger partial charge on any atom is -0.375 e. The summed E-state index contributed by atoms with van der Waals surface area (Å²) in [6.07, 6.45) is -0.114. The molecule has 0 unspecified atom stereocenters. The van der Waals surface area contributed by atoms with Gasteiger partial charge in [-0.15, -0.1) is 23.7 Å². The molecule has 5 nitrogen and oxygen atoms in total. The summed E-state index contributed by atoms with van der Waals surface area (Å²) in [7, 11) is 0. The molecule has 0 spiro atoms. The van der Waals surface area contributed by atoms with Gasteiger partial charge in [0.2, 0.25) is 5.91 Å². The minimum absolute atomic E-state index is 0. The van der Waals surface area contributed by atoms with E-state index in [2.05, 4.69) is 15.6 Å². The zero-order valence-corrected chi connectivity index (χ0v) is 12.6. The highest BCUT2D eigenvalue weighted by molar-refractivity contribution is 7.16. The molecule has 1 aliphatic rings. The van der Waals surface area contributed by atoms with Crippen LogP contribution in [-0.2, 0) is 9.53 Å². The number of nitrogens with zero attached hydrogens (tertiary/aromatic N) is 1. The minimum atomic E-state index is -0.306. The summed E-state index contributed by atoms with van der Waals surface area (Å²) < 4.78 is 6.59. The lowest BCUT2D eigenvalue weighted by Crippen LogP contribution is -2.53. The molecule has 1 aliphatic heterocycles. The number of anilines is 1. The number of hydrogen-bond acceptors (Lipinski definition) is 5. The summed E-state index contributed by atoms with van der Waals surface area (Å²) in [5.74, 6) is -0.0678. The van der Waals surface area contributed by atoms with Crippen LogP contribution in [0.25, 0.3) is 10.2 Å². The van der Waals surface area contributed by atoms with E-state index in [9.17, 15) is 4.79 Å². The van der Waals surface area contributed by atoms with Crippen molar-refractivity contribution in [1.29, 1.82) is 0 Å². The van der Waals surface area contributed by atoms with Crippen molar-refractivity contribution in [2.75, 3.05) is 18.5 Å². The molecule has 1 aromatic heterocycles. The molecule has 2 atom stereocenters. The van der Waals surface area contributed by atoms with E-state index in [0.29, 0.717) is 13.2 Å². The number of fused-ring (bicyclic) bond motifs is 1. The fourth-order valence-electron chi connectivity index (χ4n) is 2.18. The number of hydrogen-bond donors (Lipinski definition) is 2. The summed E-state index contributed by atoms with van der Waals surface area (Å²) in [6, 6.07) is 5.45.